The highest BCUT2D eigenvalue weighted by molar-refractivity contribution is 7.91. The minimum absolute atomic E-state index is 0.0990. The molecule has 4 N–H and O–H groups in total. The van der Waals surface area contributed by atoms with Gasteiger partial charge in [0.05, 0.1) is 16.9 Å². The molecule has 1 aliphatic heterocycles. The predicted octanol–water partition coefficient (Wildman–Crippen LogP) is 2.44. The first-order chi connectivity index (χ1) is 17.1. The quantitative estimate of drug-likeness (QED) is 0.349. The summed E-state index contributed by atoms with van der Waals surface area (Å²) in [6.45, 7) is 7.08. The van der Waals surface area contributed by atoms with E-state index in [1.54, 1.807) is 6.92 Å². The Labute approximate surface area is 213 Å². The molecule has 0 radical (unpaired) electrons. The van der Waals surface area contributed by atoms with Crippen molar-refractivity contribution in [3.63, 3.8) is 0 Å². The molecule has 2 aromatic heterocycles. The number of benzene rings is 1. The summed E-state index contributed by atoms with van der Waals surface area (Å²) in [6, 6.07) is 8.91. The summed E-state index contributed by atoms with van der Waals surface area (Å²) in [5.41, 5.74) is 2.68. The third-order valence-corrected chi connectivity index (χ3v) is 8.88. The Morgan fingerprint density at radius 1 is 1.17 bits per heavy atom. The second-order valence-electron chi connectivity index (χ2n) is 8.69. The number of pyridine rings is 1. The summed E-state index contributed by atoms with van der Waals surface area (Å²) in [4.78, 5) is 34.4. The Kier molecular flexibility index (Phi) is 7.83. The Morgan fingerprint density at radius 2 is 1.94 bits per heavy atom. The van der Waals surface area contributed by atoms with E-state index in [2.05, 4.69) is 35.5 Å². The molecule has 11 nitrogen and oxygen atoms in total. The van der Waals surface area contributed by atoms with Gasteiger partial charge in [-0.1, -0.05) is 29.5 Å². The van der Waals surface area contributed by atoms with Gasteiger partial charge in [0.25, 0.3) is 10.0 Å². The van der Waals surface area contributed by atoms with Crippen LogP contribution in [0.25, 0.3) is 10.9 Å². The van der Waals surface area contributed by atoms with E-state index in [9.17, 15) is 18.0 Å². The molecular weight excluding hydrogens is 502 g/mol. The molecule has 0 bridgehead atoms. The molecule has 0 spiro atoms. The number of carbonyl (C=O) groups excluding carboxylic acids is 2. The van der Waals surface area contributed by atoms with E-state index in [1.165, 1.54) is 6.92 Å². The second-order valence-corrected chi connectivity index (χ2v) is 11.6. The topological polar surface area (TPSA) is 145 Å². The van der Waals surface area contributed by atoms with Gasteiger partial charge in [0.15, 0.2) is 9.34 Å². The second kappa shape index (κ2) is 10.9. The predicted molar refractivity (Wildman–Crippen MR) is 140 cm³/mol. The number of urea groups is 1. The monoisotopic (exact) mass is 531 g/mol. The number of carbonyl (C=O) groups is 2. The molecule has 1 fully saturated rings. The van der Waals surface area contributed by atoms with Crippen LogP contribution in [-0.2, 0) is 14.8 Å². The van der Waals surface area contributed by atoms with Gasteiger partial charge in [0, 0.05) is 43.7 Å². The number of sulfonamides is 1. The van der Waals surface area contributed by atoms with Gasteiger partial charge in [-0.25, -0.2) is 22.9 Å². The average Bonchev–Trinajstić information content (AvgIpc) is 3.39. The molecule has 1 saturated heterocycles. The highest BCUT2D eigenvalue weighted by Crippen LogP contribution is 2.28. The van der Waals surface area contributed by atoms with Crippen LogP contribution in [0.4, 0.5) is 15.6 Å². The summed E-state index contributed by atoms with van der Waals surface area (Å²) in [5, 5.41) is 9.41. The van der Waals surface area contributed by atoms with Crippen LogP contribution in [0.2, 0.25) is 0 Å². The fourth-order valence-electron chi connectivity index (χ4n) is 4.15. The molecule has 1 aliphatic rings. The van der Waals surface area contributed by atoms with Crippen molar-refractivity contribution in [2.75, 3.05) is 36.8 Å². The molecule has 1 unspecified atom stereocenters. The SMILES string of the molecule is CC(=O)Nc1nc(C)c(S(=O)(=O)NC2CCN(CCNC(=O)Nc3cc(C)nc4ccccc34)C2)s1. The smallest absolute Gasteiger partial charge is 0.319 e. The molecular formula is C23H29N7O4S2. The van der Waals surface area contributed by atoms with E-state index in [0.29, 0.717) is 44.0 Å². The standard InChI is InChI=1S/C23H29N7O4S2/c1-14-12-20(18-6-4-5-7-19(18)25-14)28-22(32)24-9-11-30-10-8-17(13-30)29-36(33,34)21-15(2)26-23(35-21)27-16(3)31/h4-7,12,17,29H,8-11,13H2,1-3H3,(H,26,27,31)(H2,24,25,28,32). The summed E-state index contributed by atoms with van der Waals surface area (Å²) in [7, 11) is -3.76. The number of para-hydroxylation sites is 1. The third-order valence-electron chi connectivity index (χ3n) is 5.68. The summed E-state index contributed by atoms with van der Waals surface area (Å²) in [5.74, 6) is -0.307. The zero-order chi connectivity index (χ0) is 25.9. The molecule has 4 rings (SSSR count). The largest absolute Gasteiger partial charge is 0.337 e. The molecule has 192 valence electrons. The molecule has 3 aromatic rings. The van der Waals surface area contributed by atoms with Gasteiger partial charge in [0.2, 0.25) is 5.91 Å². The number of rotatable bonds is 8. The lowest BCUT2D eigenvalue weighted by Crippen LogP contribution is -2.39. The Morgan fingerprint density at radius 3 is 2.72 bits per heavy atom. The third kappa shape index (κ3) is 6.35. The van der Waals surface area contributed by atoms with E-state index in [1.807, 2.05) is 37.3 Å². The van der Waals surface area contributed by atoms with Crippen molar-refractivity contribution >= 4 is 55.0 Å². The molecule has 1 aromatic carbocycles. The maximum atomic E-state index is 12.9. The first-order valence-electron chi connectivity index (χ1n) is 11.5. The summed E-state index contributed by atoms with van der Waals surface area (Å²) >= 11 is 0.933. The molecule has 3 heterocycles. The van der Waals surface area contributed by atoms with Gasteiger partial charge in [-0.2, -0.15) is 0 Å². The van der Waals surface area contributed by atoms with Gasteiger partial charge in [-0.05, 0) is 38.9 Å². The minimum atomic E-state index is -3.76. The van der Waals surface area contributed by atoms with Crippen molar-refractivity contribution in [3.8, 4) is 0 Å². The van der Waals surface area contributed by atoms with E-state index in [4.69, 9.17) is 0 Å². The first-order valence-corrected chi connectivity index (χ1v) is 13.8. The van der Waals surface area contributed by atoms with Crippen molar-refractivity contribution in [2.45, 2.75) is 37.4 Å². The lowest BCUT2D eigenvalue weighted by molar-refractivity contribution is -0.114. The number of hydrogen-bond acceptors (Lipinski definition) is 8. The maximum Gasteiger partial charge on any atom is 0.319 e. The highest BCUT2D eigenvalue weighted by Gasteiger charge is 2.29. The van der Waals surface area contributed by atoms with Crippen molar-refractivity contribution in [1.29, 1.82) is 0 Å². The average molecular weight is 532 g/mol. The Hall–Kier alpha value is -3.13. The number of hydrogen-bond donors (Lipinski definition) is 4. The van der Waals surface area contributed by atoms with Gasteiger partial charge < -0.3 is 16.0 Å². The fraction of sp³-hybridized carbons (Fsp3) is 0.391. The van der Waals surface area contributed by atoms with E-state index in [-0.39, 0.29) is 27.3 Å². The number of nitrogens with one attached hydrogen (secondary N) is 4. The number of thiazole rings is 1. The number of aromatic nitrogens is 2. The number of likely N-dealkylation sites (tertiary alicyclic amines) is 1. The zero-order valence-electron chi connectivity index (χ0n) is 20.3. The first kappa shape index (κ1) is 25.9. The zero-order valence-corrected chi connectivity index (χ0v) is 21.9. The van der Waals surface area contributed by atoms with Crippen LogP contribution in [0.5, 0.6) is 0 Å². The molecule has 1 atom stereocenters. The van der Waals surface area contributed by atoms with Crippen molar-refractivity contribution in [3.05, 3.63) is 41.7 Å². The van der Waals surface area contributed by atoms with Crippen molar-refractivity contribution in [1.82, 2.24) is 24.9 Å². The van der Waals surface area contributed by atoms with Crippen LogP contribution in [-0.4, -0.2) is 67.4 Å². The van der Waals surface area contributed by atoms with Crippen molar-refractivity contribution in [2.24, 2.45) is 0 Å². The van der Waals surface area contributed by atoms with Crippen molar-refractivity contribution < 1.29 is 18.0 Å². The van der Waals surface area contributed by atoms with Crippen LogP contribution in [0.15, 0.2) is 34.5 Å². The molecule has 0 saturated carbocycles. The van der Waals surface area contributed by atoms with Gasteiger partial charge >= 0.3 is 6.03 Å². The highest BCUT2D eigenvalue weighted by atomic mass is 32.2. The molecule has 3 amide bonds. The van der Waals surface area contributed by atoms with E-state index < -0.39 is 10.0 Å². The number of anilines is 2. The Balaban J connectivity index is 1.26. The lowest BCUT2D eigenvalue weighted by atomic mass is 10.1. The lowest BCUT2D eigenvalue weighted by Gasteiger charge is -2.17. The fourth-order valence-corrected chi connectivity index (χ4v) is 6.89. The molecule has 0 aliphatic carbocycles. The van der Waals surface area contributed by atoms with Crippen LogP contribution in [0.3, 0.4) is 0 Å². The van der Waals surface area contributed by atoms with Gasteiger partial charge in [-0.15, -0.1) is 0 Å². The number of fused-ring (bicyclic) bond motifs is 1. The number of aryl methyl sites for hydroxylation is 2. The van der Waals surface area contributed by atoms with Crippen LogP contribution in [0.1, 0.15) is 24.7 Å². The normalized spacial score (nSPS) is 16.2. The van der Waals surface area contributed by atoms with Crippen LogP contribution >= 0.6 is 11.3 Å². The van der Waals surface area contributed by atoms with E-state index in [0.717, 1.165) is 27.9 Å². The van der Waals surface area contributed by atoms with Gasteiger partial charge in [-0.3, -0.25) is 14.7 Å². The maximum absolute atomic E-state index is 12.9. The summed E-state index contributed by atoms with van der Waals surface area (Å²) < 4.78 is 28.6. The van der Waals surface area contributed by atoms with Crippen LogP contribution in [0, 0.1) is 13.8 Å². The number of amides is 3. The number of nitrogens with zero attached hydrogens (tertiary/aromatic N) is 3. The van der Waals surface area contributed by atoms with E-state index >= 15 is 0 Å². The summed E-state index contributed by atoms with van der Waals surface area (Å²) in [6.07, 6.45) is 0.657. The molecule has 13 heteroatoms. The molecule has 36 heavy (non-hydrogen) atoms. The Bertz CT molecular complexity index is 1390. The minimum Gasteiger partial charge on any atom is -0.337 e. The van der Waals surface area contributed by atoms with Crippen LogP contribution < -0.4 is 20.7 Å². The van der Waals surface area contributed by atoms with Gasteiger partial charge in [0.1, 0.15) is 0 Å².